The number of halogens is 2. The fourth-order valence-electron chi connectivity index (χ4n) is 2.24. The normalized spacial score (nSPS) is 13.5. The third-order valence-electron chi connectivity index (χ3n) is 3.41. The van der Waals surface area contributed by atoms with Gasteiger partial charge in [-0.3, -0.25) is 0 Å². The summed E-state index contributed by atoms with van der Waals surface area (Å²) in [4.78, 5) is 11.9. The van der Waals surface area contributed by atoms with Gasteiger partial charge in [-0.1, -0.05) is 52.7 Å². The third-order valence-corrected chi connectivity index (χ3v) is 4.18. The van der Waals surface area contributed by atoms with Crippen LogP contribution in [0.25, 0.3) is 0 Å². The van der Waals surface area contributed by atoms with E-state index in [1.165, 1.54) is 0 Å². The molecule has 110 valence electrons. The molecule has 5 heteroatoms. The zero-order chi connectivity index (χ0) is 15.5. The molecule has 21 heavy (non-hydrogen) atoms. The molecule has 3 nitrogen and oxygen atoms in total. The van der Waals surface area contributed by atoms with Crippen LogP contribution in [0.3, 0.4) is 0 Å². The first-order chi connectivity index (χ1) is 9.98. The van der Waals surface area contributed by atoms with E-state index in [2.05, 4.69) is 21.2 Å². The molecule has 2 rings (SSSR count). The molecule has 0 fully saturated rings. The van der Waals surface area contributed by atoms with E-state index < -0.39 is 11.5 Å². The summed E-state index contributed by atoms with van der Waals surface area (Å²) in [7, 11) is 0. The van der Waals surface area contributed by atoms with Crippen LogP contribution in [0.4, 0.5) is 5.69 Å². The lowest BCUT2D eigenvalue weighted by molar-refractivity contribution is -0.142. The number of carboxylic acid groups (broad SMARTS) is 1. The number of carbonyl (C=O) groups is 1. The first kappa shape index (κ1) is 15.9. The summed E-state index contributed by atoms with van der Waals surface area (Å²) in [5.41, 5.74) is 0.182. The van der Waals surface area contributed by atoms with Crippen molar-refractivity contribution < 1.29 is 9.90 Å². The van der Waals surface area contributed by atoms with Crippen LogP contribution >= 0.6 is 27.5 Å². The maximum atomic E-state index is 11.9. The second kappa shape index (κ2) is 6.50. The van der Waals surface area contributed by atoms with Crippen molar-refractivity contribution in [2.24, 2.45) is 0 Å². The maximum Gasteiger partial charge on any atom is 0.334 e. The Morgan fingerprint density at radius 2 is 1.95 bits per heavy atom. The average Bonchev–Trinajstić information content (AvgIpc) is 2.45. The summed E-state index contributed by atoms with van der Waals surface area (Å²) in [5, 5.41) is 13.5. The molecule has 2 aromatic carbocycles. The predicted molar refractivity (Wildman–Crippen MR) is 88.8 cm³/mol. The fraction of sp³-hybridized carbons (Fsp3) is 0.188. The van der Waals surface area contributed by atoms with Gasteiger partial charge in [-0.2, -0.15) is 0 Å². The summed E-state index contributed by atoms with van der Waals surface area (Å²) >= 11 is 9.33. The highest BCUT2D eigenvalue weighted by Crippen LogP contribution is 2.32. The highest BCUT2D eigenvalue weighted by molar-refractivity contribution is 9.10. The Hall–Kier alpha value is -1.52. The van der Waals surface area contributed by atoms with Crippen molar-refractivity contribution in [2.45, 2.75) is 18.9 Å². The minimum Gasteiger partial charge on any atom is -0.479 e. The van der Waals surface area contributed by atoms with Crippen molar-refractivity contribution in [3.63, 3.8) is 0 Å². The van der Waals surface area contributed by atoms with Crippen molar-refractivity contribution in [3.05, 3.63) is 63.6 Å². The van der Waals surface area contributed by atoms with Gasteiger partial charge in [0, 0.05) is 15.2 Å². The van der Waals surface area contributed by atoms with E-state index in [-0.39, 0.29) is 0 Å². The smallest absolute Gasteiger partial charge is 0.334 e. The van der Waals surface area contributed by atoms with Gasteiger partial charge in [0.1, 0.15) is 0 Å². The lowest BCUT2D eigenvalue weighted by Crippen LogP contribution is -2.43. The molecule has 0 amide bonds. The van der Waals surface area contributed by atoms with Crippen LogP contribution in [-0.4, -0.2) is 11.1 Å². The summed E-state index contributed by atoms with van der Waals surface area (Å²) in [6, 6.07) is 14.3. The van der Waals surface area contributed by atoms with Crippen LogP contribution in [0.5, 0.6) is 0 Å². The molecule has 0 aliphatic carbocycles. The van der Waals surface area contributed by atoms with Crippen molar-refractivity contribution >= 4 is 39.2 Å². The van der Waals surface area contributed by atoms with Gasteiger partial charge in [-0.25, -0.2) is 4.79 Å². The first-order valence-electron chi connectivity index (χ1n) is 6.51. The molecule has 0 aliphatic rings. The number of hydrogen-bond donors (Lipinski definition) is 2. The molecule has 0 saturated heterocycles. The molecule has 0 spiro atoms. The van der Waals surface area contributed by atoms with Crippen LogP contribution in [0.1, 0.15) is 18.9 Å². The SMILES string of the molecule is CCC(Nc1cccc(Cl)c1)(C(=O)O)c1ccc(Br)cc1. The average molecular weight is 369 g/mol. The topological polar surface area (TPSA) is 49.3 Å². The second-order valence-corrected chi connectivity index (χ2v) is 6.06. The minimum absolute atomic E-state index is 0.399. The third kappa shape index (κ3) is 3.39. The molecule has 1 atom stereocenters. The molecule has 0 bridgehead atoms. The molecule has 2 N–H and O–H groups in total. The van der Waals surface area contributed by atoms with E-state index in [1.54, 1.807) is 36.4 Å². The minimum atomic E-state index is -1.19. The zero-order valence-corrected chi connectivity index (χ0v) is 13.8. The van der Waals surface area contributed by atoms with Gasteiger partial charge in [0.25, 0.3) is 0 Å². The van der Waals surface area contributed by atoms with Crippen LogP contribution in [0.2, 0.25) is 5.02 Å². The number of aliphatic carboxylic acids is 1. The number of rotatable bonds is 5. The highest BCUT2D eigenvalue weighted by atomic mass is 79.9. The summed E-state index contributed by atoms with van der Waals surface area (Å²) in [6.45, 7) is 1.84. The Labute approximate surface area is 137 Å². The molecular formula is C16H15BrClNO2. The van der Waals surface area contributed by atoms with Gasteiger partial charge >= 0.3 is 5.97 Å². The number of anilines is 1. The van der Waals surface area contributed by atoms with E-state index in [9.17, 15) is 9.90 Å². The van der Waals surface area contributed by atoms with Crippen molar-refractivity contribution in [1.29, 1.82) is 0 Å². The Kier molecular flexibility index (Phi) is 4.91. The Morgan fingerprint density at radius 3 is 2.48 bits per heavy atom. The molecule has 1 unspecified atom stereocenters. The maximum absolute atomic E-state index is 11.9. The van der Waals surface area contributed by atoms with Crippen LogP contribution < -0.4 is 5.32 Å². The Morgan fingerprint density at radius 1 is 1.29 bits per heavy atom. The molecule has 0 aromatic heterocycles. The molecule has 0 heterocycles. The molecule has 0 saturated carbocycles. The van der Waals surface area contributed by atoms with E-state index in [0.29, 0.717) is 22.7 Å². The molecule has 0 radical (unpaired) electrons. The van der Waals surface area contributed by atoms with E-state index in [4.69, 9.17) is 11.6 Å². The summed E-state index contributed by atoms with van der Waals surface area (Å²) < 4.78 is 0.907. The van der Waals surface area contributed by atoms with Gasteiger partial charge in [-0.05, 0) is 42.3 Å². The van der Waals surface area contributed by atoms with Crippen molar-refractivity contribution in [3.8, 4) is 0 Å². The number of hydrogen-bond acceptors (Lipinski definition) is 2. The standard InChI is InChI=1S/C16H15BrClNO2/c1-2-16(15(20)21,11-6-8-12(17)9-7-11)19-14-5-3-4-13(18)10-14/h3-10,19H,2H2,1H3,(H,20,21). The lowest BCUT2D eigenvalue weighted by Gasteiger charge is -2.31. The lowest BCUT2D eigenvalue weighted by atomic mass is 9.87. The van der Waals surface area contributed by atoms with E-state index in [1.807, 2.05) is 19.1 Å². The fourth-order valence-corrected chi connectivity index (χ4v) is 2.69. The largest absolute Gasteiger partial charge is 0.479 e. The van der Waals surface area contributed by atoms with Gasteiger partial charge in [0.05, 0.1) is 0 Å². The van der Waals surface area contributed by atoms with Gasteiger partial charge in [0.15, 0.2) is 5.54 Å². The number of nitrogens with one attached hydrogen (secondary N) is 1. The quantitative estimate of drug-likeness (QED) is 0.789. The van der Waals surface area contributed by atoms with Crippen LogP contribution in [0.15, 0.2) is 53.0 Å². The van der Waals surface area contributed by atoms with Gasteiger partial charge in [0.2, 0.25) is 0 Å². The van der Waals surface area contributed by atoms with E-state index >= 15 is 0 Å². The van der Waals surface area contributed by atoms with Gasteiger partial charge in [-0.15, -0.1) is 0 Å². The molecule has 0 aliphatic heterocycles. The van der Waals surface area contributed by atoms with Gasteiger partial charge < -0.3 is 10.4 Å². The summed E-state index contributed by atoms with van der Waals surface area (Å²) in [5.74, 6) is -0.924. The number of carboxylic acids is 1. The first-order valence-corrected chi connectivity index (χ1v) is 7.68. The summed E-state index contributed by atoms with van der Waals surface area (Å²) in [6.07, 6.45) is 0.399. The molecule has 2 aromatic rings. The predicted octanol–water partition coefficient (Wildman–Crippen LogP) is 4.90. The Balaban J connectivity index is 2.46. The Bertz CT molecular complexity index is 645. The number of benzene rings is 2. The van der Waals surface area contributed by atoms with E-state index in [0.717, 1.165) is 4.47 Å². The molecular weight excluding hydrogens is 354 g/mol. The second-order valence-electron chi connectivity index (χ2n) is 4.71. The van der Waals surface area contributed by atoms with Crippen molar-refractivity contribution in [1.82, 2.24) is 0 Å². The van der Waals surface area contributed by atoms with Crippen LogP contribution in [0, 0.1) is 0 Å². The monoisotopic (exact) mass is 367 g/mol. The van der Waals surface area contributed by atoms with Crippen molar-refractivity contribution in [2.75, 3.05) is 5.32 Å². The highest BCUT2D eigenvalue weighted by Gasteiger charge is 2.38. The van der Waals surface area contributed by atoms with Crippen LogP contribution in [-0.2, 0) is 10.3 Å². The zero-order valence-electron chi connectivity index (χ0n) is 11.4.